The summed E-state index contributed by atoms with van der Waals surface area (Å²) in [6.07, 6.45) is 0. The van der Waals surface area contributed by atoms with Gasteiger partial charge in [0.15, 0.2) is 11.6 Å². The summed E-state index contributed by atoms with van der Waals surface area (Å²) in [7, 11) is 1.85. The highest BCUT2D eigenvalue weighted by Gasteiger charge is 2.21. The van der Waals surface area contributed by atoms with Crippen molar-refractivity contribution in [2.45, 2.75) is 19.5 Å². The Bertz CT molecular complexity index is 586. The van der Waals surface area contributed by atoms with Gasteiger partial charge in [0.25, 0.3) is 0 Å². The molecule has 1 aromatic carbocycles. The molecular formula is C14H17F2N3S. The molecule has 0 spiro atoms. The highest BCUT2D eigenvalue weighted by atomic mass is 32.1. The Morgan fingerprint density at radius 1 is 1.40 bits per heavy atom. The summed E-state index contributed by atoms with van der Waals surface area (Å²) in [5, 5.41) is 0. The molecule has 20 heavy (non-hydrogen) atoms. The smallest absolute Gasteiger partial charge is 0.163 e. The fourth-order valence-corrected chi connectivity index (χ4v) is 2.98. The lowest BCUT2D eigenvalue weighted by Crippen LogP contribution is -2.31. The molecule has 0 saturated heterocycles. The second-order valence-corrected chi connectivity index (χ2v) is 5.61. The molecule has 0 aliphatic carbocycles. The quantitative estimate of drug-likeness (QED) is 0.922. The van der Waals surface area contributed by atoms with E-state index in [1.54, 1.807) is 22.9 Å². The van der Waals surface area contributed by atoms with Gasteiger partial charge in [0, 0.05) is 23.5 Å². The van der Waals surface area contributed by atoms with Crippen molar-refractivity contribution >= 4 is 11.3 Å². The van der Waals surface area contributed by atoms with Gasteiger partial charge in [-0.15, -0.1) is 11.3 Å². The molecule has 0 fully saturated rings. The first-order chi connectivity index (χ1) is 9.54. The lowest BCUT2D eigenvalue weighted by molar-refractivity contribution is 0.236. The van der Waals surface area contributed by atoms with Gasteiger partial charge in [0.2, 0.25) is 0 Å². The topological polar surface area (TPSA) is 42.2 Å². The molecule has 1 atom stereocenters. The number of hydrogen-bond donors (Lipinski definition) is 1. The Balaban J connectivity index is 2.23. The summed E-state index contributed by atoms with van der Waals surface area (Å²) in [5.74, 6) is -1.67. The van der Waals surface area contributed by atoms with E-state index < -0.39 is 11.6 Å². The Morgan fingerprint density at radius 2 is 2.15 bits per heavy atom. The van der Waals surface area contributed by atoms with E-state index in [0.29, 0.717) is 6.54 Å². The summed E-state index contributed by atoms with van der Waals surface area (Å²) in [6, 6.07) is 3.82. The third-order valence-electron chi connectivity index (χ3n) is 3.33. The van der Waals surface area contributed by atoms with Crippen LogP contribution in [-0.2, 0) is 6.54 Å². The number of hydrogen-bond acceptors (Lipinski definition) is 4. The van der Waals surface area contributed by atoms with Gasteiger partial charge in [-0.1, -0.05) is 12.1 Å². The number of benzene rings is 1. The molecule has 1 aromatic heterocycles. The molecule has 0 aliphatic rings. The van der Waals surface area contributed by atoms with Crippen LogP contribution >= 0.6 is 11.3 Å². The molecule has 0 aliphatic heterocycles. The Morgan fingerprint density at radius 3 is 2.75 bits per heavy atom. The normalized spacial score (nSPS) is 12.9. The molecule has 6 heteroatoms. The summed E-state index contributed by atoms with van der Waals surface area (Å²) in [5.41, 5.74) is 8.77. The van der Waals surface area contributed by atoms with Crippen LogP contribution in [0.4, 0.5) is 8.78 Å². The predicted octanol–water partition coefficient (Wildman–Crippen LogP) is 2.86. The van der Waals surface area contributed by atoms with Gasteiger partial charge in [0.05, 0.1) is 17.2 Å². The molecule has 1 unspecified atom stereocenters. The van der Waals surface area contributed by atoms with Crippen LogP contribution in [0.15, 0.2) is 23.7 Å². The van der Waals surface area contributed by atoms with E-state index in [4.69, 9.17) is 5.73 Å². The lowest BCUT2D eigenvalue weighted by atomic mass is 10.0. The highest BCUT2D eigenvalue weighted by Crippen LogP contribution is 2.25. The van der Waals surface area contributed by atoms with E-state index in [1.165, 1.54) is 6.07 Å². The van der Waals surface area contributed by atoms with Crippen LogP contribution < -0.4 is 5.73 Å². The van der Waals surface area contributed by atoms with E-state index in [0.717, 1.165) is 16.6 Å². The van der Waals surface area contributed by atoms with Crippen molar-refractivity contribution in [3.63, 3.8) is 0 Å². The Labute approximate surface area is 121 Å². The number of rotatable bonds is 5. The van der Waals surface area contributed by atoms with E-state index >= 15 is 0 Å². The molecule has 0 radical (unpaired) electrons. The van der Waals surface area contributed by atoms with Crippen molar-refractivity contribution in [3.05, 3.63) is 51.5 Å². The zero-order valence-electron chi connectivity index (χ0n) is 11.4. The first-order valence-electron chi connectivity index (χ1n) is 6.27. The van der Waals surface area contributed by atoms with Crippen molar-refractivity contribution in [2.75, 3.05) is 13.6 Å². The number of aromatic nitrogens is 1. The van der Waals surface area contributed by atoms with E-state index in [2.05, 4.69) is 4.98 Å². The molecule has 0 bridgehead atoms. The molecule has 2 aromatic rings. The summed E-state index contributed by atoms with van der Waals surface area (Å²) in [6.45, 7) is 2.75. The number of nitrogens with two attached hydrogens (primary N) is 1. The third-order valence-corrected chi connectivity index (χ3v) is 4.25. The van der Waals surface area contributed by atoms with Gasteiger partial charge in [0.1, 0.15) is 0 Å². The minimum atomic E-state index is -0.844. The fourth-order valence-electron chi connectivity index (χ4n) is 2.14. The van der Waals surface area contributed by atoms with Crippen LogP contribution in [0.3, 0.4) is 0 Å². The van der Waals surface area contributed by atoms with Gasteiger partial charge in [-0.05, 0) is 20.0 Å². The zero-order chi connectivity index (χ0) is 14.7. The average Bonchev–Trinajstić information content (AvgIpc) is 2.81. The minimum Gasteiger partial charge on any atom is -0.329 e. The largest absolute Gasteiger partial charge is 0.329 e. The van der Waals surface area contributed by atoms with Gasteiger partial charge in [-0.25, -0.2) is 13.8 Å². The molecule has 2 N–H and O–H groups in total. The first kappa shape index (κ1) is 15.0. The van der Waals surface area contributed by atoms with Crippen molar-refractivity contribution in [2.24, 2.45) is 5.73 Å². The highest BCUT2D eigenvalue weighted by molar-refractivity contribution is 7.09. The maximum Gasteiger partial charge on any atom is 0.163 e. The van der Waals surface area contributed by atoms with Gasteiger partial charge in [-0.2, -0.15) is 0 Å². The van der Waals surface area contributed by atoms with Gasteiger partial charge >= 0.3 is 0 Å². The van der Waals surface area contributed by atoms with Gasteiger partial charge < -0.3 is 5.73 Å². The number of nitrogens with zero attached hydrogens (tertiary/aromatic N) is 2. The number of thiazole rings is 1. The fraction of sp³-hybridized carbons (Fsp3) is 0.357. The van der Waals surface area contributed by atoms with Crippen molar-refractivity contribution in [1.82, 2.24) is 9.88 Å². The van der Waals surface area contributed by atoms with Crippen LogP contribution in [0.25, 0.3) is 0 Å². The van der Waals surface area contributed by atoms with Crippen LogP contribution in [0, 0.1) is 18.6 Å². The van der Waals surface area contributed by atoms with Crippen LogP contribution in [0.5, 0.6) is 0 Å². The lowest BCUT2D eigenvalue weighted by Gasteiger charge is -2.27. The Hall–Kier alpha value is -1.37. The molecule has 1 heterocycles. The van der Waals surface area contributed by atoms with Gasteiger partial charge in [-0.3, -0.25) is 4.90 Å². The predicted molar refractivity (Wildman–Crippen MR) is 76.5 cm³/mol. The minimum absolute atomic E-state index is 0.217. The summed E-state index contributed by atoms with van der Waals surface area (Å²) in [4.78, 5) is 7.20. The van der Waals surface area contributed by atoms with E-state index in [-0.39, 0.29) is 18.2 Å². The van der Waals surface area contributed by atoms with Crippen LogP contribution in [-0.4, -0.2) is 23.5 Å². The second kappa shape index (κ2) is 6.39. The summed E-state index contributed by atoms with van der Waals surface area (Å²) >= 11 is 1.55. The van der Waals surface area contributed by atoms with Crippen LogP contribution in [0.1, 0.15) is 22.2 Å². The van der Waals surface area contributed by atoms with E-state index in [1.807, 2.05) is 18.9 Å². The average molecular weight is 297 g/mol. The van der Waals surface area contributed by atoms with Crippen molar-refractivity contribution in [1.29, 1.82) is 0 Å². The number of halogens is 2. The maximum absolute atomic E-state index is 13.9. The molecular weight excluding hydrogens is 280 g/mol. The summed E-state index contributed by atoms with van der Waals surface area (Å²) < 4.78 is 27.2. The number of likely N-dealkylation sites (N-methyl/N-ethyl adjacent to an activating group) is 1. The van der Waals surface area contributed by atoms with Crippen molar-refractivity contribution < 1.29 is 8.78 Å². The van der Waals surface area contributed by atoms with E-state index in [9.17, 15) is 8.78 Å². The molecule has 2 rings (SSSR count). The molecule has 3 nitrogen and oxygen atoms in total. The monoisotopic (exact) mass is 297 g/mol. The third kappa shape index (κ3) is 3.03. The van der Waals surface area contributed by atoms with Crippen molar-refractivity contribution in [3.8, 4) is 0 Å². The second-order valence-electron chi connectivity index (χ2n) is 4.67. The number of aryl methyl sites for hydroxylation is 1. The SMILES string of the molecule is Cc1ncsc1CN(C)C(CN)c1cccc(F)c1F. The molecule has 0 amide bonds. The van der Waals surface area contributed by atoms with Crippen LogP contribution in [0.2, 0.25) is 0 Å². The molecule has 108 valence electrons. The molecule has 0 saturated carbocycles. The zero-order valence-corrected chi connectivity index (χ0v) is 12.3. The Kier molecular flexibility index (Phi) is 4.80. The standard InChI is InChI=1S/C14H17F2N3S/c1-9-13(20-8-18-9)7-19(2)12(6-17)10-4-3-5-11(15)14(10)16/h3-5,8,12H,6-7,17H2,1-2H3. The first-order valence-corrected chi connectivity index (χ1v) is 7.15. The maximum atomic E-state index is 13.9.